The lowest BCUT2D eigenvalue weighted by molar-refractivity contribution is 0.0682. The highest BCUT2D eigenvalue weighted by atomic mass is 35.5. The van der Waals surface area contributed by atoms with Crippen molar-refractivity contribution in [2.75, 3.05) is 7.05 Å². The Morgan fingerprint density at radius 2 is 1.91 bits per heavy atom. The van der Waals surface area contributed by atoms with E-state index in [2.05, 4.69) is 4.98 Å². The molecule has 23 heavy (non-hydrogen) atoms. The number of nitrogens with one attached hydrogen (secondary N) is 1. The first kappa shape index (κ1) is 17.1. The van der Waals surface area contributed by atoms with E-state index in [1.807, 2.05) is 38.1 Å². The van der Waals surface area contributed by atoms with Crippen LogP contribution in [0.2, 0.25) is 5.02 Å². The maximum atomic E-state index is 12.7. The van der Waals surface area contributed by atoms with Gasteiger partial charge in [-0.3, -0.25) is 9.59 Å². The van der Waals surface area contributed by atoms with Gasteiger partial charge in [0, 0.05) is 18.3 Å². The molecule has 2 aromatic rings. The van der Waals surface area contributed by atoms with Crippen molar-refractivity contribution in [1.82, 2.24) is 9.88 Å². The Bertz CT molecular complexity index is 724. The zero-order valence-electron chi connectivity index (χ0n) is 13.3. The number of benzene rings is 1. The zero-order valence-corrected chi connectivity index (χ0v) is 14.1. The molecule has 0 bridgehead atoms. The molecule has 1 atom stereocenters. The van der Waals surface area contributed by atoms with Crippen molar-refractivity contribution in [3.63, 3.8) is 0 Å². The SMILES string of the molecule is CC(C)C(c1ccccc1Cl)N(C)C(=O)c1cc(C(N)=O)c[nH]1. The van der Waals surface area contributed by atoms with E-state index in [9.17, 15) is 9.59 Å². The molecule has 1 unspecified atom stereocenters. The first-order valence-electron chi connectivity index (χ1n) is 7.32. The van der Waals surface area contributed by atoms with Gasteiger partial charge >= 0.3 is 0 Å². The van der Waals surface area contributed by atoms with Gasteiger partial charge in [0.25, 0.3) is 5.91 Å². The Morgan fingerprint density at radius 1 is 1.26 bits per heavy atom. The van der Waals surface area contributed by atoms with Crippen LogP contribution in [0.3, 0.4) is 0 Å². The molecule has 2 rings (SSSR count). The summed E-state index contributed by atoms with van der Waals surface area (Å²) in [6, 6.07) is 8.76. The molecule has 0 spiro atoms. The molecule has 0 aliphatic rings. The van der Waals surface area contributed by atoms with E-state index in [4.69, 9.17) is 17.3 Å². The number of amides is 2. The quantitative estimate of drug-likeness (QED) is 0.881. The topological polar surface area (TPSA) is 79.2 Å². The second-order valence-electron chi connectivity index (χ2n) is 5.79. The summed E-state index contributed by atoms with van der Waals surface area (Å²) in [5.41, 5.74) is 6.71. The zero-order chi connectivity index (χ0) is 17.1. The van der Waals surface area contributed by atoms with Gasteiger partial charge in [-0.15, -0.1) is 0 Å². The molecule has 0 saturated carbocycles. The van der Waals surface area contributed by atoms with Crippen LogP contribution in [0.5, 0.6) is 0 Å². The van der Waals surface area contributed by atoms with Crippen molar-refractivity contribution < 1.29 is 9.59 Å². The van der Waals surface area contributed by atoms with Gasteiger partial charge in [-0.1, -0.05) is 43.6 Å². The first-order valence-corrected chi connectivity index (χ1v) is 7.70. The smallest absolute Gasteiger partial charge is 0.270 e. The second-order valence-corrected chi connectivity index (χ2v) is 6.20. The number of H-pyrrole nitrogens is 1. The summed E-state index contributed by atoms with van der Waals surface area (Å²) in [5, 5.41) is 0.621. The van der Waals surface area contributed by atoms with Gasteiger partial charge in [0.05, 0.1) is 11.6 Å². The Labute approximate surface area is 140 Å². The molecule has 6 heteroatoms. The Morgan fingerprint density at radius 3 is 2.43 bits per heavy atom. The minimum Gasteiger partial charge on any atom is -0.366 e. The van der Waals surface area contributed by atoms with E-state index in [1.54, 1.807) is 11.9 Å². The molecule has 0 fully saturated rings. The standard InChI is InChI=1S/C17H20ClN3O2/c1-10(2)15(12-6-4-5-7-13(12)18)21(3)17(23)14-8-11(9-20-14)16(19)22/h4-10,15,20H,1-3H3,(H2,19,22). The number of aromatic amines is 1. The average molecular weight is 334 g/mol. The summed E-state index contributed by atoms with van der Waals surface area (Å²) in [4.78, 5) is 28.3. The molecular weight excluding hydrogens is 314 g/mol. The third-order valence-electron chi connectivity index (χ3n) is 3.79. The largest absolute Gasteiger partial charge is 0.366 e. The Balaban J connectivity index is 2.34. The average Bonchev–Trinajstić information content (AvgIpc) is 2.98. The Hall–Kier alpha value is -2.27. The lowest BCUT2D eigenvalue weighted by atomic mass is 9.94. The Kier molecular flexibility index (Phi) is 5.11. The third kappa shape index (κ3) is 3.56. The van der Waals surface area contributed by atoms with Crippen molar-refractivity contribution in [3.8, 4) is 0 Å². The summed E-state index contributed by atoms with van der Waals surface area (Å²) < 4.78 is 0. The van der Waals surface area contributed by atoms with Gasteiger partial charge in [-0.05, 0) is 23.6 Å². The number of nitrogens with zero attached hydrogens (tertiary/aromatic N) is 1. The van der Waals surface area contributed by atoms with Crippen molar-refractivity contribution in [3.05, 3.63) is 58.4 Å². The second kappa shape index (κ2) is 6.87. The number of carbonyl (C=O) groups excluding carboxylic acids is 2. The predicted molar refractivity (Wildman–Crippen MR) is 90.4 cm³/mol. The minimum atomic E-state index is -0.575. The highest BCUT2D eigenvalue weighted by molar-refractivity contribution is 6.31. The van der Waals surface area contributed by atoms with E-state index in [1.165, 1.54) is 12.3 Å². The van der Waals surface area contributed by atoms with Crippen molar-refractivity contribution in [1.29, 1.82) is 0 Å². The number of hydrogen-bond donors (Lipinski definition) is 2. The number of rotatable bonds is 5. The maximum Gasteiger partial charge on any atom is 0.270 e. The van der Waals surface area contributed by atoms with E-state index >= 15 is 0 Å². The fraction of sp³-hybridized carbons (Fsp3) is 0.294. The number of nitrogens with two attached hydrogens (primary N) is 1. The molecule has 0 aliphatic carbocycles. The summed E-state index contributed by atoms with van der Waals surface area (Å²) in [7, 11) is 1.72. The highest BCUT2D eigenvalue weighted by Crippen LogP contribution is 2.33. The van der Waals surface area contributed by atoms with Crippen LogP contribution in [0.1, 0.15) is 46.3 Å². The van der Waals surface area contributed by atoms with Gasteiger partial charge in [0.2, 0.25) is 5.91 Å². The fourth-order valence-electron chi connectivity index (χ4n) is 2.71. The van der Waals surface area contributed by atoms with Gasteiger partial charge in [0.1, 0.15) is 5.69 Å². The van der Waals surface area contributed by atoms with Crippen LogP contribution in [0.15, 0.2) is 36.5 Å². The number of halogens is 1. The number of carbonyl (C=O) groups is 2. The van der Waals surface area contributed by atoms with Crippen molar-refractivity contribution in [2.45, 2.75) is 19.9 Å². The van der Waals surface area contributed by atoms with E-state index in [-0.39, 0.29) is 23.4 Å². The predicted octanol–water partition coefficient (Wildman–Crippen LogP) is 3.24. The van der Waals surface area contributed by atoms with Gasteiger partial charge in [0.15, 0.2) is 0 Å². The molecular formula is C17H20ClN3O2. The molecule has 1 aromatic carbocycles. The van der Waals surface area contributed by atoms with Gasteiger partial charge < -0.3 is 15.6 Å². The highest BCUT2D eigenvalue weighted by Gasteiger charge is 2.28. The first-order chi connectivity index (χ1) is 10.8. The summed E-state index contributed by atoms with van der Waals surface area (Å²) in [6.45, 7) is 4.06. The lowest BCUT2D eigenvalue weighted by Gasteiger charge is -2.32. The van der Waals surface area contributed by atoms with Gasteiger partial charge in [-0.2, -0.15) is 0 Å². The van der Waals surface area contributed by atoms with Crippen LogP contribution in [-0.4, -0.2) is 28.7 Å². The number of aromatic nitrogens is 1. The van der Waals surface area contributed by atoms with Crippen LogP contribution < -0.4 is 5.73 Å². The lowest BCUT2D eigenvalue weighted by Crippen LogP contribution is -2.34. The van der Waals surface area contributed by atoms with Crippen LogP contribution >= 0.6 is 11.6 Å². The maximum absolute atomic E-state index is 12.7. The van der Waals surface area contributed by atoms with E-state index < -0.39 is 5.91 Å². The summed E-state index contributed by atoms with van der Waals surface area (Å²) in [5.74, 6) is -0.639. The molecule has 0 saturated heterocycles. The fourth-order valence-corrected chi connectivity index (χ4v) is 2.95. The molecule has 0 radical (unpaired) electrons. The summed E-state index contributed by atoms with van der Waals surface area (Å²) in [6.07, 6.45) is 1.43. The number of hydrogen-bond acceptors (Lipinski definition) is 2. The van der Waals surface area contributed by atoms with Crippen molar-refractivity contribution in [2.24, 2.45) is 11.7 Å². The van der Waals surface area contributed by atoms with Crippen LogP contribution in [0.25, 0.3) is 0 Å². The normalized spacial score (nSPS) is 12.2. The molecule has 1 aromatic heterocycles. The molecule has 122 valence electrons. The molecule has 5 nitrogen and oxygen atoms in total. The molecule has 3 N–H and O–H groups in total. The van der Waals surface area contributed by atoms with Crippen LogP contribution in [0, 0.1) is 5.92 Å². The minimum absolute atomic E-state index is 0.162. The molecule has 2 amide bonds. The third-order valence-corrected chi connectivity index (χ3v) is 4.14. The number of primary amides is 1. The van der Waals surface area contributed by atoms with Crippen molar-refractivity contribution >= 4 is 23.4 Å². The van der Waals surface area contributed by atoms with Crippen LogP contribution in [0.4, 0.5) is 0 Å². The van der Waals surface area contributed by atoms with Gasteiger partial charge in [-0.25, -0.2) is 0 Å². The molecule has 1 heterocycles. The monoisotopic (exact) mass is 333 g/mol. The van der Waals surface area contributed by atoms with E-state index in [0.717, 1.165) is 5.56 Å². The van der Waals surface area contributed by atoms with Crippen LogP contribution in [-0.2, 0) is 0 Å². The molecule has 0 aliphatic heterocycles. The van der Waals surface area contributed by atoms with E-state index in [0.29, 0.717) is 10.7 Å². The summed E-state index contributed by atoms with van der Waals surface area (Å²) >= 11 is 6.30.